The van der Waals surface area contributed by atoms with Crippen molar-refractivity contribution in [3.8, 4) is 0 Å². The third-order valence-corrected chi connectivity index (χ3v) is 6.60. The summed E-state index contributed by atoms with van der Waals surface area (Å²) in [4.78, 5) is 0. The van der Waals surface area contributed by atoms with Gasteiger partial charge in [0.05, 0.1) is 10.4 Å². The maximum absolute atomic E-state index is 3.73. The first-order valence-electron chi connectivity index (χ1n) is 9.30. The number of nitrogens with one attached hydrogen (secondary N) is 1. The van der Waals surface area contributed by atoms with Gasteiger partial charge < -0.3 is 5.32 Å². The average Bonchev–Trinajstić information content (AvgIpc) is 3.09. The molecular formula is C24H21NS. The molecule has 0 spiro atoms. The smallest absolute Gasteiger partial charge is 0.0590 e. The third-order valence-electron chi connectivity index (χ3n) is 5.38. The van der Waals surface area contributed by atoms with Gasteiger partial charge in [-0.3, -0.25) is 0 Å². The highest BCUT2D eigenvalue weighted by atomic mass is 32.1. The summed E-state index contributed by atoms with van der Waals surface area (Å²) in [5.41, 5.74) is 4.07. The van der Waals surface area contributed by atoms with Crippen molar-refractivity contribution in [2.75, 3.05) is 5.32 Å². The first-order chi connectivity index (χ1) is 12.9. The molecule has 1 heterocycles. The Labute approximate surface area is 158 Å². The van der Waals surface area contributed by atoms with E-state index in [0.29, 0.717) is 5.92 Å². The number of fused-ring (bicyclic) bond motifs is 3. The van der Waals surface area contributed by atoms with Crippen LogP contribution >= 0.6 is 11.3 Å². The van der Waals surface area contributed by atoms with E-state index in [2.05, 4.69) is 84.2 Å². The molecule has 1 atom stereocenters. The summed E-state index contributed by atoms with van der Waals surface area (Å²) >= 11 is 1.88. The van der Waals surface area contributed by atoms with Crippen molar-refractivity contribution < 1.29 is 0 Å². The van der Waals surface area contributed by atoms with E-state index in [0.717, 1.165) is 12.8 Å². The predicted octanol–water partition coefficient (Wildman–Crippen LogP) is 7.32. The zero-order valence-corrected chi connectivity index (χ0v) is 15.4. The van der Waals surface area contributed by atoms with Crippen molar-refractivity contribution in [2.24, 2.45) is 0 Å². The third kappa shape index (κ3) is 2.81. The fourth-order valence-electron chi connectivity index (χ4n) is 3.99. The van der Waals surface area contributed by atoms with Gasteiger partial charge in [-0.25, -0.2) is 0 Å². The van der Waals surface area contributed by atoms with Gasteiger partial charge in [-0.15, -0.1) is 11.3 Å². The van der Waals surface area contributed by atoms with Crippen LogP contribution in [0.3, 0.4) is 0 Å². The van der Waals surface area contributed by atoms with Crippen LogP contribution in [0.15, 0.2) is 84.6 Å². The van der Waals surface area contributed by atoms with Crippen LogP contribution in [0.25, 0.3) is 20.2 Å². The van der Waals surface area contributed by atoms with Crippen LogP contribution in [-0.4, -0.2) is 0 Å². The number of anilines is 1. The highest BCUT2D eigenvalue weighted by Crippen LogP contribution is 2.39. The number of hydrogen-bond acceptors (Lipinski definition) is 2. The zero-order chi connectivity index (χ0) is 17.3. The van der Waals surface area contributed by atoms with Crippen LogP contribution in [0.4, 0.5) is 5.69 Å². The van der Waals surface area contributed by atoms with Crippen molar-refractivity contribution in [2.45, 2.75) is 25.2 Å². The normalized spacial score (nSPS) is 17.4. The van der Waals surface area contributed by atoms with Gasteiger partial charge in [0.1, 0.15) is 0 Å². The van der Waals surface area contributed by atoms with Crippen LogP contribution in [0, 0.1) is 0 Å². The molecule has 5 rings (SSSR count). The monoisotopic (exact) mass is 355 g/mol. The van der Waals surface area contributed by atoms with Crippen molar-refractivity contribution in [3.63, 3.8) is 0 Å². The summed E-state index contributed by atoms with van der Waals surface area (Å²) < 4.78 is 2.72. The predicted molar refractivity (Wildman–Crippen MR) is 114 cm³/mol. The fraction of sp³-hybridized carbons (Fsp3) is 0.167. The first kappa shape index (κ1) is 15.7. The van der Waals surface area contributed by atoms with Gasteiger partial charge in [-0.05, 0) is 42.9 Å². The lowest BCUT2D eigenvalue weighted by atomic mass is 9.86. The summed E-state index contributed by atoms with van der Waals surface area (Å²) in [5, 5.41) is 6.44. The molecule has 0 radical (unpaired) electrons. The topological polar surface area (TPSA) is 12.0 Å². The Bertz CT molecular complexity index is 1090. The lowest BCUT2D eigenvalue weighted by molar-refractivity contribution is 0.601. The van der Waals surface area contributed by atoms with E-state index in [1.807, 2.05) is 11.3 Å². The fourth-order valence-corrected chi connectivity index (χ4v) is 5.17. The number of allylic oxidation sites excluding steroid dienone is 2. The number of hydrogen-bond donors (Lipinski definition) is 1. The molecule has 0 bridgehead atoms. The minimum atomic E-state index is 0.655. The molecule has 2 heteroatoms. The standard InChI is InChI=1S/C24H21NS/c1-2-7-17(8-3-1)18-13-15-19(16-14-18)25-22-11-6-10-21-20-9-4-5-12-23(20)26-24(21)22/h1-12,15,18,25H,13-14,16H2. The van der Waals surface area contributed by atoms with Gasteiger partial charge in [-0.1, -0.05) is 66.7 Å². The Balaban J connectivity index is 1.43. The molecule has 128 valence electrons. The molecule has 1 unspecified atom stereocenters. The summed E-state index contributed by atoms with van der Waals surface area (Å²) in [5.74, 6) is 0.655. The molecule has 3 aromatic carbocycles. The van der Waals surface area contributed by atoms with E-state index in [1.165, 1.54) is 43.5 Å². The van der Waals surface area contributed by atoms with E-state index >= 15 is 0 Å². The van der Waals surface area contributed by atoms with Crippen LogP contribution in [-0.2, 0) is 0 Å². The largest absolute Gasteiger partial charge is 0.358 e. The molecule has 4 aromatic rings. The van der Waals surface area contributed by atoms with Crippen molar-refractivity contribution in [1.82, 2.24) is 0 Å². The Morgan fingerprint density at radius 1 is 0.808 bits per heavy atom. The highest BCUT2D eigenvalue weighted by molar-refractivity contribution is 7.26. The number of rotatable bonds is 3. The zero-order valence-electron chi connectivity index (χ0n) is 14.6. The quantitative estimate of drug-likeness (QED) is 0.406. The minimum absolute atomic E-state index is 0.655. The van der Waals surface area contributed by atoms with Gasteiger partial charge in [0.25, 0.3) is 0 Å². The molecule has 1 aliphatic carbocycles. The van der Waals surface area contributed by atoms with Gasteiger partial charge in [0.15, 0.2) is 0 Å². The Morgan fingerprint density at radius 3 is 2.46 bits per heavy atom. The molecule has 1 N–H and O–H groups in total. The SMILES string of the molecule is C1=C(Nc2cccc3c2sc2ccccc23)CCC(c2ccccc2)C1. The molecule has 0 fully saturated rings. The van der Waals surface area contributed by atoms with Crippen LogP contribution in [0.2, 0.25) is 0 Å². The molecule has 1 nitrogen and oxygen atoms in total. The number of thiophene rings is 1. The highest BCUT2D eigenvalue weighted by Gasteiger charge is 2.17. The molecule has 0 aliphatic heterocycles. The van der Waals surface area contributed by atoms with Crippen LogP contribution in [0.1, 0.15) is 30.7 Å². The average molecular weight is 356 g/mol. The summed E-state index contributed by atoms with van der Waals surface area (Å²) in [6, 6.07) is 26.2. The molecule has 1 aliphatic rings. The van der Waals surface area contributed by atoms with Crippen LogP contribution in [0.5, 0.6) is 0 Å². The molecular weight excluding hydrogens is 334 g/mol. The van der Waals surface area contributed by atoms with Gasteiger partial charge in [0.2, 0.25) is 0 Å². The van der Waals surface area contributed by atoms with Crippen LogP contribution < -0.4 is 5.32 Å². The molecule has 0 amide bonds. The summed E-state index contributed by atoms with van der Waals surface area (Å²) in [7, 11) is 0. The number of benzene rings is 3. The van der Waals surface area contributed by atoms with E-state index in [4.69, 9.17) is 0 Å². The minimum Gasteiger partial charge on any atom is -0.358 e. The van der Waals surface area contributed by atoms with Crippen molar-refractivity contribution >= 4 is 37.2 Å². The van der Waals surface area contributed by atoms with Crippen molar-refractivity contribution in [3.05, 3.63) is 90.1 Å². The van der Waals surface area contributed by atoms with Gasteiger partial charge in [-0.2, -0.15) is 0 Å². The molecule has 26 heavy (non-hydrogen) atoms. The van der Waals surface area contributed by atoms with E-state index in [9.17, 15) is 0 Å². The van der Waals surface area contributed by atoms with Gasteiger partial charge >= 0.3 is 0 Å². The maximum Gasteiger partial charge on any atom is 0.0590 e. The lowest BCUT2D eigenvalue weighted by Crippen LogP contribution is -2.09. The second kappa shape index (κ2) is 6.62. The Hall–Kier alpha value is -2.58. The molecule has 1 aromatic heterocycles. The molecule has 0 saturated heterocycles. The summed E-state index contributed by atoms with van der Waals surface area (Å²) in [6.07, 6.45) is 5.84. The van der Waals surface area contributed by atoms with E-state index in [1.54, 1.807) is 0 Å². The van der Waals surface area contributed by atoms with Gasteiger partial charge in [0, 0.05) is 21.2 Å². The lowest BCUT2D eigenvalue weighted by Gasteiger charge is -2.23. The first-order valence-corrected chi connectivity index (χ1v) is 10.1. The van der Waals surface area contributed by atoms with E-state index in [-0.39, 0.29) is 0 Å². The Morgan fingerprint density at radius 2 is 1.62 bits per heavy atom. The second-order valence-electron chi connectivity index (χ2n) is 7.02. The van der Waals surface area contributed by atoms with Crippen molar-refractivity contribution in [1.29, 1.82) is 0 Å². The Kier molecular flexibility index (Phi) is 3.99. The maximum atomic E-state index is 3.73. The summed E-state index contributed by atoms with van der Waals surface area (Å²) in [6.45, 7) is 0. The van der Waals surface area contributed by atoms with E-state index < -0.39 is 0 Å². The second-order valence-corrected chi connectivity index (χ2v) is 8.07. The molecule has 0 saturated carbocycles.